The molecule has 4 nitrogen and oxygen atoms in total. The van der Waals surface area contributed by atoms with E-state index in [1.807, 2.05) is 43.3 Å². The Bertz CT molecular complexity index is 847. The molecule has 1 heterocycles. The highest BCUT2D eigenvalue weighted by molar-refractivity contribution is 5.79. The van der Waals surface area contributed by atoms with Crippen LogP contribution in [-0.4, -0.2) is 16.3 Å². The number of hydrogen-bond donors (Lipinski definition) is 1. The van der Waals surface area contributed by atoms with E-state index in [9.17, 15) is 4.79 Å². The van der Waals surface area contributed by atoms with E-state index in [-0.39, 0.29) is 6.04 Å². The summed E-state index contributed by atoms with van der Waals surface area (Å²) in [4.78, 5) is 20.0. The monoisotopic (exact) mass is 317 g/mol. The van der Waals surface area contributed by atoms with Crippen LogP contribution >= 0.6 is 0 Å². The van der Waals surface area contributed by atoms with Crippen LogP contribution in [-0.2, 0) is 0 Å². The van der Waals surface area contributed by atoms with Crippen molar-refractivity contribution in [3.8, 4) is 11.3 Å². The summed E-state index contributed by atoms with van der Waals surface area (Å²) < 4.78 is 0. The van der Waals surface area contributed by atoms with Crippen molar-refractivity contribution in [2.75, 3.05) is 5.32 Å². The van der Waals surface area contributed by atoms with Gasteiger partial charge in [-0.2, -0.15) is 0 Å². The Hall–Kier alpha value is -3.01. The van der Waals surface area contributed by atoms with Gasteiger partial charge in [0.15, 0.2) is 0 Å². The molecule has 0 fully saturated rings. The highest BCUT2D eigenvalue weighted by atomic mass is 16.1. The maximum atomic E-state index is 11.1. The molecule has 0 spiro atoms. The first-order valence-corrected chi connectivity index (χ1v) is 7.86. The normalized spacial score (nSPS) is 11.8. The fraction of sp³-hybridized carbons (Fsp3) is 0.150. The number of anilines is 1. The smallest absolute Gasteiger partial charge is 0.150 e. The van der Waals surface area contributed by atoms with Crippen LogP contribution in [0.25, 0.3) is 11.3 Å². The number of carbonyl (C=O) groups is 1. The first kappa shape index (κ1) is 15.9. The highest BCUT2D eigenvalue weighted by Crippen LogP contribution is 2.22. The third-order valence-corrected chi connectivity index (χ3v) is 3.83. The Morgan fingerprint density at radius 3 is 2.62 bits per heavy atom. The van der Waals surface area contributed by atoms with Gasteiger partial charge >= 0.3 is 0 Å². The number of rotatable bonds is 5. The van der Waals surface area contributed by atoms with Gasteiger partial charge in [0.2, 0.25) is 0 Å². The molecule has 1 aromatic heterocycles. The highest BCUT2D eigenvalue weighted by Gasteiger charge is 2.08. The summed E-state index contributed by atoms with van der Waals surface area (Å²) in [5.74, 6) is 0.706. The Balaban J connectivity index is 1.87. The number of aldehydes is 1. The SMILES string of the molecule is Cc1cc(C=O)cc(-c2cncc(NC(C)c3ccccc3)n2)c1. The summed E-state index contributed by atoms with van der Waals surface area (Å²) in [6.07, 6.45) is 4.27. The molecule has 0 aliphatic carbocycles. The van der Waals surface area contributed by atoms with Gasteiger partial charge in [0, 0.05) is 17.2 Å². The van der Waals surface area contributed by atoms with Crippen LogP contribution in [0, 0.1) is 6.92 Å². The van der Waals surface area contributed by atoms with Gasteiger partial charge in [0.05, 0.1) is 18.1 Å². The summed E-state index contributed by atoms with van der Waals surface area (Å²) >= 11 is 0. The molecular formula is C20H19N3O. The summed E-state index contributed by atoms with van der Waals surface area (Å²) in [5.41, 5.74) is 4.48. The second kappa shape index (κ2) is 7.04. The molecule has 1 atom stereocenters. The van der Waals surface area contributed by atoms with Gasteiger partial charge in [-0.05, 0) is 43.2 Å². The van der Waals surface area contributed by atoms with Crippen LogP contribution in [0.15, 0.2) is 60.9 Å². The number of hydrogen-bond acceptors (Lipinski definition) is 4. The van der Waals surface area contributed by atoms with E-state index in [0.717, 1.165) is 23.1 Å². The summed E-state index contributed by atoms with van der Waals surface area (Å²) in [5, 5.41) is 3.37. The van der Waals surface area contributed by atoms with Crippen molar-refractivity contribution in [1.82, 2.24) is 9.97 Å². The first-order chi connectivity index (χ1) is 11.7. The molecule has 0 saturated carbocycles. The zero-order valence-corrected chi connectivity index (χ0v) is 13.7. The lowest BCUT2D eigenvalue weighted by Crippen LogP contribution is -2.08. The van der Waals surface area contributed by atoms with Crippen molar-refractivity contribution in [2.45, 2.75) is 19.9 Å². The number of carbonyl (C=O) groups excluding carboxylic acids is 1. The predicted octanol–water partition coefficient (Wildman–Crippen LogP) is 4.44. The molecule has 4 heteroatoms. The van der Waals surface area contributed by atoms with Gasteiger partial charge in [0.25, 0.3) is 0 Å². The van der Waals surface area contributed by atoms with Gasteiger partial charge < -0.3 is 5.32 Å². The third-order valence-electron chi connectivity index (χ3n) is 3.83. The number of aromatic nitrogens is 2. The van der Waals surface area contributed by atoms with Crippen LogP contribution in [0.4, 0.5) is 5.82 Å². The quantitative estimate of drug-likeness (QED) is 0.707. The van der Waals surface area contributed by atoms with Gasteiger partial charge in [-0.1, -0.05) is 30.3 Å². The Labute approximate surface area is 141 Å². The van der Waals surface area contributed by atoms with Crippen molar-refractivity contribution >= 4 is 12.1 Å². The zero-order chi connectivity index (χ0) is 16.9. The number of nitrogens with one attached hydrogen (secondary N) is 1. The lowest BCUT2D eigenvalue weighted by molar-refractivity contribution is 0.112. The van der Waals surface area contributed by atoms with E-state index in [1.165, 1.54) is 5.56 Å². The number of benzene rings is 2. The maximum Gasteiger partial charge on any atom is 0.150 e. The van der Waals surface area contributed by atoms with Crippen LogP contribution in [0.1, 0.15) is 34.5 Å². The number of aryl methyl sites for hydroxylation is 1. The van der Waals surface area contributed by atoms with Crippen LogP contribution < -0.4 is 5.32 Å². The van der Waals surface area contributed by atoms with Crippen LogP contribution in [0.2, 0.25) is 0 Å². The fourth-order valence-corrected chi connectivity index (χ4v) is 2.65. The Morgan fingerprint density at radius 1 is 1.08 bits per heavy atom. The van der Waals surface area contributed by atoms with E-state index in [2.05, 4.69) is 34.3 Å². The molecular weight excluding hydrogens is 298 g/mol. The van der Waals surface area contributed by atoms with Crippen LogP contribution in [0.5, 0.6) is 0 Å². The third kappa shape index (κ3) is 3.66. The lowest BCUT2D eigenvalue weighted by Gasteiger charge is -2.15. The average molecular weight is 317 g/mol. The second-order valence-electron chi connectivity index (χ2n) is 5.82. The van der Waals surface area contributed by atoms with Gasteiger partial charge in [-0.25, -0.2) is 4.98 Å². The summed E-state index contributed by atoms with van der Waals surface area (Å²) in [6.45, 7) is 4.05. The van der Waals surface area contributed by atoms with Crippen molar-refractivity contribution < 1.29 is 4.79 Å². The van der Waals surface area contributed by atoms with Crippen molar-refractivity contribution in [3.63, 3.8) is 0 Å². The second-order valence-corrected chi connectivity index (χ2v) is 5.82. The first-order valence-electron chi connectivity index (χ1n) is 7.86. The molecule has 120 valence electrons. The number of nitrogens with zero attached hydrogens (tertiary/aromatic N) is 2. The summed E-state index contributed by atoms with van der Waals surface area (Å²) in [6, 6.07) is 16.0. The molecule has 3 rings (SSSR count). The van der Waals surface area contributed by atoms with Gasteiger partial charge in [-0.3, -0.25) is 9.78 Å². The van der Waals surface area contributed by atoms with E-state index in [0.29, 0.717) is 11.4 Å². The minimum atomic E-state index is 0.124. The van der Waals surface area contributed by atoms with E-state index in [4.69, 9.17) is 0 Å². The molecule has 1 N–H and O–H groups in total. The van der Waals surface area contributed by atoms with Crippen molar-refractivity contribution in [1.29, 1.82) is 0 Å². The minimum absolute atomic E-state index is 0.124. The molecule has 2 aromatic carbocycles. The van der Waals surface area contributed by atoms with Crippen LogP contribution in [0.3, 0.4) is 0 Å². The fourth-order valence-electron chi connectivity index (χ4n) is 2.65. The van der Waals surface area contributed by atoms with Crippen molar-refractivity contribution in [2.24, 2.45) is 0 Å². The topological polar surface area (TPSA) is 54.9 Å². The molecule has 24 heavy (non-hydrogen) atoms. The standard InChI is InChI=1S/C20H19N3O/c1-14-8-16(13-24)10-18(9-14)19-11-21-12-20(23-19)22-15(2)17-6-4-3-5-7-17/h3-13,15H,1-2H3,(H,22,23). The minimum Gasteiger partial charge on any atom is -0.362 e. The molecule has 0 aliphatic heterocycles. The van der Waals surface area contributed by atoms with Gasteiger partial charge in [0.1, 0.15) is 12.1 Å². The van der Waals surface area contributed by atoms with E-state index >= 15 is 0 Å². The molecule has 0 radical (unpaired) electrons. The van der Waals surface area contributed by atoms with E-state index in [1.54, 1.807) is 12.4 Å². The van der Waals surface area contributed by atoms with Crippen molar-refractivity contribution in [3.05, 3.63) is 77.6 Å². The largest absolute Gasteiger partial charge is 0.362 e. The Kier molecular flexibility index (Phi) is 4.66. The predicted molar refractivity (Wildman–Crippen MR) is 96.1 cm³/mol. The molecule has 0 aliphatic rings. The summed E-state index contributed by atoms with van der Waals surface area (Å²) in [7, 11) is 0. The maximum absolute atomic E-state index is 11.1. The average Bonchev–Trinajstić information content (AvgIpc) is 2.62. The molecule has 3 aromatic rings. The molecule has 0 bridgehead atoms. The zero-order valence-electron chi connectivity index (χ0n) is 13.7. The molecule has 0 saturated heterocycles. The lowest BCUT2D eigenvalue weighted by atomic mass is 10.1. The molecule has 1 unspecified atom stereocenters. The molecule has 0 amide bonds. The Morgan fingerprint density at radius 2 is 1.88 bits per heavy atom. The van der Waals surface area contributed by atoms with Gasteiger partial charge in [-0.15, -0.1) is 0 Å². The van der Waals surface area contributed by atoms with E-state index < -0.39 is 0 Å².